The van der Waals surface area contributed by atoms with Gasteiger partial charge >= 0.3 is 0 Å². The van der Waals surface area contributed by atoms with Crippen LogP contribution < -0.4 is 5.32 Å². The molecule has 9 heteroatoms. The van der Waals surface area contributed by atoms with Gasteiger partial charge in [0.15, 0.2) is 4.96 Å². The summed E-state index contributed by atoms with van der Waals surface area (Å²) >= 11 is 1.46. The lowest BCUT2D eigenvalue weighted by molar-refractivity contribution is 0.102. The van der Waals surface area contributed by atoms with Crippen molar-refractivity contribution in [3.63, 3.8) is 0 Å². The van der Waals surface area contributed by atoms with Crippen molar-refractivity contribution in [2.75, 3.05) is 19.4 Å². The molecule has 2 aromatic heterocycles. The lowest BCUT2D eigenvalue weighted by atomic mass is 10.1. The largest absolute Gasteiger partial charge is 0.306 e. The monoisotopic (exact) mass is 426 g/mol. The number of nitrogens with zero attached hydrogens (tertiary/aromatic N) is 3. The second-order valence-corrected chi connectivity index (χ2v) is 9.52. The fourth-order valence-electron chi connectivity index (χ4n) is 2.89. The molecule has 0 atom stereocenters. The van der Waals surface area contributed by atoms with E-state index >= 15 is 0 Å². The van der Waals surface area contributed by atoms with E-state index in [0.717, 1.165) is 14.8 Å². The average Bonchev–Trinajstić information content (AvgIpc) is 3.31. The van der Waals surface area contributed by atoms with Gasteiger partial charge in [-0.15, -0.1) is 11.3 Å². The number of hydrogen-bond acceptors (Lipinski definition) is 5. The fraction of sp³-hybridized carbons (Fsp3) is 0.100. The van der Waals surface area contributed by atoms with Crippen molar-refractivity contribution in [3.05, 3.63) is 71.7 Å². The second-order valence-electron chi connectivity index (χ2n) is 6.50. The molecule has 0 saturated heterocycles. The Hall–Kier alpha value is -3.01. The Morgan fingerprint density at radius 2 is 1.86 bits per heavy atom. The van der Waals surface area contributed by atoms with Crippen LogP contribution in [0.1, 0.15) is 10.4 Å². The molecule has 7 nitrogen and oxygen atoms in total. The molecule has 0 fully saturated rings. The van der Waals surface area contributed by atoms with Gasteiger partial charge in [-0.25, -0.2) is 17.7 Å². The van der Waals surface area contributed by atoms with Crippen molar-refractivity contribution in [2.45, 2.75) is 4.90 Å². The molecule has 0 aliphatic rings. The third-order valence-electron chi connectivity index (χ3n) is 4.42. The molecular formula is C20H18N4O3S2. The number of amides is 1. The molecule has 0 radical (unpaired) electrons. The van der Waals surface area contributed by atoms with Crippen LogP contribution in [0.5, 0.6) is 0 Å². The Kier molecular flexibility index (Phi) is 4.95. The van der Waals surface area contributed by atoms with Crippen LogP contribution in [0.15, 0.2) is 71.1 Å². The molecule has 0 saturated carbocycles. The highest BCUT2D eigenvalue weighted by molar-refractivity contribution is 7.89. The van der Waals surface area contributed by atoms with E-state index in [-0.39, 0.29) is 10.5 Å². The topological polar surface area (TPSA) is 83.8 Å². The van der Waals surface area contributed by atoms with Gasteiger partial charge in [0, 0.05) is 36.8 Å². The fourth-order valence-corrected chi connectivity index (χ4v) is 4.55. The standard InChI is InChI=1S/C20H18N4O3S2/c1-23(2)29(26,27)16-10-6-9-15(13-16)19(25)22-18-17(14-7-4-3-5-8-14)21-20-24(18)11-12-28-20/h3-13H,1-2H3,(H,22,25). The summed E-state index contributed by atoms with van der Waals surface area (Å²) in [7, 11) is -0.730. The number of carbonyl (C=O) groups excluding carboxylic acids is 1. The van der Waals surface area contributed by atoms with Crippen LogP contribution in [0.3, 0.4) is 0 Å². The maximum atomic E-state index is 13.0. The predicted molar refractivity (Wildman–Crippen MR) is 114 cm³/mol. The molecule has 0 unspecified atom stereocenters. The van der Waals surface area contributed by atoms with Crippen molar-refractivity contribution < 1.29 is 13.2 Å². The highest BCUT2D eigenvalue weighted by Crippen LogP contribution is 2.31. The SMILES string of the molecule is CN(C)S(=O)(=O)c1cccc(C(=O)Nc2c(-c3ccccc3)nc3sccn23)c1. The minimum atomic E-state index is -3.63. The molecule has 2 aromatic carbocycles. The van der Waals surface area contributed by atoms with E-state index in [1.54, 1.807) is 12.1 Å². The lowest BCUT2D eigenvalue weighted by Crippen LogP contribution is -2.23. The molecule has 1 N–H and O–H groups in total. The van der Waals surface area contributed by atoms with Crippen LogP contribution in [0.2, 0.25) is 0 Å². The van der Waals surface area contributed by atoms with Gasteiger partial charge < -0.3 is 5.32 Å². The number of aromatic nitrogens is 2. The summed E-state index contributed by atoms with van der Waals surface area (Å²) in [6.07, 6.45) is 1.84. The van der Waals surface area contributed by atoms with Gasteiger partial charge in [0.1, 0.15) is 11.5 Å². The smallest absolute Gasteiger partial charge is 0.256 e. The summed E-state index contributed by atoms with van der Waals surface area (Å²) < 4.78 is 27.7. The van der Waals surface area contributed by atoms with E-state index in [1.165, 1.54) is 37.6 Å². The number of fused-ring (bicyclic) bond motifs is 1. The maximum absolute atomic E-state index is 13.0. The normalized spacial score (nSPS) is 11.8. The summed E-state index contributed by atoms with van der Waals surface area (Å²) in [5, 5.41) is 4.79. The van der Waals surface area contributed by atoms with Crippen molar-refractivity contribution >= 4 is 38.0 Å². The molecule has 0 aliphatic carbocycles. The number of sulfonamides is 1. The zero-order chi connectivity index (χ0) is 20.6. The van der Waals surface area contributed by atoms with Crippen LogP contribution >= 0.6 is 11.3 Å². The number of nitrogens with one attached hydrogen (secondary N) is 1. The van der Waals surface area contributed by atoms with E-state index in [4.69, 9.17) is 0 Å². The number of carbonyl (C=O) groups is 1. The van der Waals surface area contributed by atoms with Gasteiger partial charge in [-0.3, -0.25) is 9.20 Å². The minimum absolute atomic E-state index is 0.0624. The average molecular weight is 427 g/mol. The minimum Gasteiger partial charge on any atom is -0.306 e. The van der Waals surface area contributed by atoms with Crippen LogP contribution in [-0.4, -0.2) is 42.1 Å². The van der Waals surface area contributed by atoms with Gasteiger partial charge in [-0.2, -0.15) is 0 Å². The van der Waals surface area contributed by atoms with Gasteiger partial charge in [0.25, 0.3) is 5.91 Å². The van der Waals surface area contributed by atoms with Crippen LogP contribution in [0.25, 0.3) is 16.2 Å². The first-order valence-electron chi connectivity index (χ1n) is 8.73. The van der Waals surface area contributed by atoms with E-state index in [2.05, 4.69) is 10.3 Å². The van der Waals surface area contributed by atoms with Crippen molar-refractivity contribution in [1.29, 1.82) is 0 Å². The molecule has 148 valence electrons. The number of rotatable bonds is 5. The Balaban J connectivity index is 1.73. The first-order valence-corrected chi connectivity index (χ1v) is 11.0. The summed E-state index contributed by atoms with van der Waals surface area (Å²) in [5.41, 5.74) is 1.78. The maximum Gasteiger partial charge on any atom is 0.256 e. The van der Waals surface area contributed by atoms with E-state index < -0.39 is 15.9 Å². The molecule has 4 rings (SSSR count). The van der Waals surface area contributed by atoms with Gasteiger partial charge in [0.2, 0.25) is 10.0 Å². The van der Waals surface area contributed by atoms with E-state index in [9.17, 15) is 13.2 Å². The number of anilines is 1. The van der Waals surface area contributed by atoms with Crippen LogP contribution in [0.4, 0.5) is 5.82 Å². The number of thiazole rings is 1. The number of hydrogen-bond donors (Lipinski definition) is 1. The predicted octanol–water partition coefficient (Wildman–Crippen LogP) is 3.57. The van der Waals surface area contributed by atoms with Gasteiger partial charge in [0.05, 0.1) is 4.90 Å². The van der Waals surface area contributed by atoms with E-state index in [0.29, 0.717) is 11.5 Å². The Bertz CT molecular complexity index is 1290. The highest BCUT2D eigenvalue weighted by atomic mass is 32.2. The zero-order valence-electron chi connectivity index (χ0n) is 15.7. The van der Waals surface area contributed by atoms with Gasteiger partial charge in [-0.1, -0.05) is 36.4 Å². The van der Waals surface area contributed by atoms with Crippen LogP contribution in [-0.2, 0) is 10.0 Å². The molecule has 1 amide bonds. The summed E-state index contributed by atoms with van der Waals surface area (Å²) in [6.45, 7) is 0. The van der Waals surface area contributed by atoms with Crippen molar-refractivity contribution in [1.82, 2.24) is 13.7 Å². The molecular weight excluding hydrogens is 408 g/mol. The molecule has 0 aliphatic heterocycles. The molecule has 2 heterocycles. The Morgan fingerprint density at radius 3 is 2.59 bits per heavy atom. The van der Waals surface area contributed by atoms with Gasteiger partial charge in [-0.05, 0) is 18.2 Å². The van der Waals surface area contributed by atoms with Crippen molar-refractivity contribution in [2.24, 2.45) is 0 Å². The summed E-state index contributed by atoms with van der Waals surface area (Å²) in [6, 6.07) is 15.6. The molecule has 0 bridgehead atoms. The first kappa shape index (κ1) is 19.3. The molecule has 29 heavy (non-hydrogen) atoms. The van der Waals surface area contributed by atoms with Crippen LogP contribution in [0, 0.1) is 0 Å². The molecule has 0 spiro atoms. The molecule has 4 aromatic rings. The third kappa shape index (κ3) is 3.55. The summed E-state index contributed by atoms with van der Waals surface area (Å²) in [5.74, 6) is 0.129. The first-order chi connectivity index (χ1) is 13.9. The summed E-state index contributed by atoms with van der Waals surface area (Å²) in [4.78, 5) is 18.4. The lowest BCUT2D eigenvalue weighted by Gasteiger charge is -2.12. The Labute approximate surface area is 172 Å². The number of imidazole rings is 1. The number of benzene rings is 2. The quantitative estimate of drug-likeness (QED) is 0.529. The Morgan fingerprint density at radius 1 is 1.10 bits per heavy atom. The van der Waals surface area contributed by atoms with E-state index in [1.807, 2.05) is 46.3 Å². The zero-order valence-corrected chi connectivity index (χ0v) is 17.4. The second kappa shape index (κ2) is 7.43. The van der Waals surface area contributed by atoms with Crippen molar-refractivity contribution in [3.8, 4) is 11.3 Å². The third-order valence-corrected chi connectivity index (χ3v) is 6.98. The highest BCUT2D eigenvalue weighted by Gasteiger charge is 2.21.